The molecule has 0 bridgehead atoms. The molecule has 1 aromatic carbocycles. The van der Waals surface area contributed by atoms with Crippen LogP contribution in [0, 0.1) is 58.0 Å². The van der Waals surface area contributed by atoms with Crippen molar-refractivity contribution in [3.63, 3.8) is 0 Å². The Hall–Kier alpha value is -1.66. The maximum atomic E-state index is 13.7. The van der Waals surface area contributed by atoms with Crippen LogP contribution in [-0.2, 0) is 6.42 Å². The highest BCUT2D eigenvalue weighted by atomic mass is 19.2. The molecule has 6 rings (SSSR count). The molecule has 10 atom stereocenters. The van der Waals surface area contributed by atoms with Gasteiger partial charge in [0, 0.05) is 24.1 Å². The van der Waals surface area contributed by atoms with Gasteiger partial charge in [-0.25, -0.2) is 18.7 Å². The van der Waals surface area contributed by atoms with Crippen LogP contribution < -0.4 is 0 Å². The van der Waals surface area contributed by atoms with E-state index in [9.17, 15) is 19.0 Å². The van der Waals surface area contributed by atoms with E-state index >= 15 is 0 Å². The summed E-state index contributed by atoms with van der Waals surface area (Å²) in [5.74, 6) is 2.19. The molecular formula is C31H42F2N2O2. The van der Waals surface area contributed by atoms with Crippen molar-refractivity contribution < 1.29 is 19.0 Å². The molecule has 0 aliphatic heterocycles. The van der Waals surface area contributed by atoms with Crippen LogP contribution in [0.25, 0.3) is 10.9 Å². The van der Waals surface area contributed by atoms with Crippen LogP contribution in [0.2, 0.25) is 0 Å². The molecule has 4 aliphatic carbocycles. The van der Waals surface area contributed by atoms with Crippen molar-refractivity contribution in [2.24, 2.45) is 46.3 Å². The summed E-state index contributed by atoms with van der Waals surface area (Å²) in [6, 6.07) is 2.30. The van der Waals surface area contributed by atoms with Crippen molar-refractivity contribution in [1.29, 1.82) is 0 Å². The second-order valence-electron chi connectivity index (χ2n) is 13.5. The summed E-state index contributed by atoms with van der Waals surface area (Å²) < 4.78 is 27.3. The average Bonchev–Trinajstić information content (AvgIpc) is 3.23. The summed E-state index contributed by atoms with van der Waals surface area (Å²) in [7, 11) is 0. The lowest BCUT2D eigenvalue weighted by molar-refractivity contribution is -0.174. The Morgan fingerprint density at radius 1 is 1.00 bits per heavy atom. The van der Waals surface area contributed by atoms with E-state index in [2.05, 4.69) is 30.7 Å². The molecule has 0 spiro atoms. The van der Waals surface area contributed by atoms with Crippen molar-refractivity contribution in [3.8, 4) is 0 Å². The third-order valence-electron chi connectivity index (χ3n) is 12.0. The molecule has 37 heavy (non-hydrogen) atoms. The van der Waals surface area contributed by atoms with Crippen LogP contribution in [-0.4, -0.2) is 32.4 Å². The predicted octanol–water partition coefficient (Wildman–Crippen LogP) is 6.47. The molecule has 4 aliphatic rings. The van der Waals surface area contributed by atoms with E-state index in [4.69, 9.17) is 0 Å². The highest BCUT2D eigenvalue weighted by Crippen LogP contribution is 2.68. The number of aryl methyl sites for hydroxylation is 1. The molecule has 4 nitrogen and oxygen atoms in total. The summed E-state index contributed by atoms with van der Waals surface area (Å²) in [5, 5.41) is 22.6. The number of benzene rings is 1. The molecule has 202 valence electrons. The van der Waals surface area contributed by atoms with Gasteiger partial charge in [-0.2, -0.15) is 0 Å². The fourth-order valence-corrected chi connectivity index (χ4v) is 9.90. The Morgan fingerprint density at radius 3 is 2.59 bits per heavy atom. The minimum atomic E-state index is -0.882. The van der Waals surface area contributed by atoms with Gasteiger partial charge in [0.25, 0.3) is 0 Å². The lowest BCUT2D eigenvalue weighted by atomic mass is 9.43. The number of aromatic nitrogens is 2. The van der Waals surface area contributed by atoms with E-state index < -0.39 is 11.6 Å². The first-order valence-electron chi connectivity index (χ1n) is 14.6. The van der Waals surface area contributed by atoms with Gasteiger partial charge in [-0.1, -0.05) is 20.8 Å². The lowest BCUT2D eigenvalue weighted by Gasteiger charge is -2.62. The molecule has 2 aromatic rings. The second kappa shape index (κ2) is 9.22. The van der Waals surface area contributed by atoms with Gasteiger partial charge < -0.3 is 10.2 Å². The first kappa shape index (κ1) is 25.6. The van der Waals surface area contributed by atoms with Crippen LogP contribution in [0.15, 0.2) is 18.3 Å². The normalized spacial score (nSPS) is 42.2. The Kier molecular flexibility index (Phi) is 6.38. The van der Waals surface area contributed by atoms with Crippen molar-refractivity contribution >= 4 is 10.9 Å². The highest BCUT2D eigenvalue weighted by Gasteiger charge is 2.63. The quantitative estimate of drug-likeness (QED) is 0.493. The van der Waals surface area contributed by atoms with Crippen LogP contribution in [0.3, 0.4) is 0 Å². The lowest BCUT2D eigenvalue weighted by Crippen LogP contribution is -2.58. The van der Waals surface area contributed by atoms with Gasteiger partial charge in [0.1, 0.15) is 5.82 Å². The van der Waals surface area contributed by atoms with Gasteiger partial charge in [-0.3, -0.25) is 0 Å². The second-order valence-corrected chi connectivity index (χ2v) is 13.5. The molecule has 4 saturated carbocycles. The highest BCUT2D eigenvalue weighted by molar-refractivity contribution is 5.77. The molecule has 6 heteroatoms. The zero-order valence-electron chi connectivity index (χ0n) is 22.5. The SMILES string of the molecule is C[C@H](CCc1ncc2cc(F)c(F)cc2n1)[C@H]1CC[C@H]2[C@@H]3CC[C@@H]4C[C@H](O)CC[C@]4(C)C3C[C@H](O)[C@]12C. The maximum Gasteiger partial charge on any atom is 0.161 e. The van der Waals surface area contributed by atoms with E-state index in [-0.39, 0.29) is 23.0 Å². The minimum absolute atomic E-state index is 0.0666. The largest absolute Gasteiger partial charge is 0.393 e. The fraction of sp³-hybridized carbons (Fsp3) is 0.742. The number of aliphatic hydroxyl groups is 2. The van der Waals surface area contributed by atoms with Crippen LogP contribution in [0.1, 0.15) is 84.4 Å². The number of rotatable bonds is 4. The van der Waals surface area contributed by atoms with E-state index in [0.29, 0.717) is 58.7 Å². The number of aliphatic hydroxyl groups excluding tert-OH is 2. The number of hydrogen-bond donors (Lipinski definition) is 2. The van der Waals surface area contributed by atoms with Gasteiger partial charge in [0.2, 0.25) is 0 Å². The zero-order valence-corrected chi connectivity index (χ0v) is 22.5. The smallest absolute Gasteiger partial charge is 0.161 e. The number of halogens is 2. The first-order valence-corrected chi connectivity index (χ1v) is 14.6. The Morgan fingerprint density at radius 2 is 1.78 bits per heavy atom. The topological polar surface area (TPSA) is 66.2 Å². The third kappa shape index (κ3) is 4.04. The molecule has 2 N–H and O–H groups in total. The summed E-state index contributed by atoms with van der Waals surface area (Å²) >= 11 is 0. The Labute approximate surface area is 219 Å². The van der Waals surface area contributed by atoms with E-state index in [1.165, 1.54) is 19.3 Å². The van der Waals surface area contributed by atoms with Crippen molar-refractivity contribution in [2.45, 2.75) is 97.2 Å². The molecule has 4 fully saturated rings. The van der Waals surface area contributed by atoms with E-state index in [0.717, 1.165) is 50.7 Å². The number of fused-ring (bicyclic) bond motifs is 6. The number of hydrogen-bond acceptors (Lipinski definition) is 4. The molecule has 1 aromatic heterocycles. The predicted molar refractivity (Wildman–Crippen MR) is 140 cm³/mol. The van der Waals surface area contributed by atoms with Crippen LogP contribution in [0.4, 0.5) is 8.78 Å². The van der Waals surface area contributed by atoms with Gasteiger partial charge >= 0.3 is 0 Å². The average molecular weight is 513 g/mol. The Balaban J connectivity index is 1.17. The van der Waals surface area contributed by atoms with Gasteiger partial charge in [0.05, 0.1) is 17.7 Å². The standard InChI is InChI=1S/C31H42F2N2O2/c1-17(4-9-29-34-16-18-12-25(32)26(33)15-27(18)35-29)22-7-8-23-21-6-5-19-13-20(36)10-11-30(19,2)24(21)14-28(37)31(22,23)3/h12,15-17,19-24,28,36-37H,4-11,13-14H2,1-3H3/t17-,19-,20-,21+,22-,23+,24?,28+,30+,31-/m1/s1. The van der Waals surface area contributed by atoms with Crippen LogP contribution in [0.5, 0.6) is 0 Å². The molecule has 1 unspecified atom stereocenters. The zero-order chi connectivity index (χ0) is 26.1. The molecule has 1 heterocycles. The molecule has 0 saturated heterocycles. The molecule has 0 radical (unpaired) electrons. The van der Waals surface area contributed by atoms with Crippen molar-refractivity contribution in [2.75, 3.05) is 0 Å². The monoisotopic (exact) mass is 512 g/mol. The summed E-state index contributed by atoms with van der Waals surface area (Å²) in [4.78, 5) is 8.94. The van der Waals surface area contributed by atoms with Gasteiger partial charge in [-0.05, 0) is 110 Å². The maximum absolute atomic E-state index is 13.7. The van der Waals surface area contributed by atoms with Gasteiger partial charge in [0.15, 0.2) is 11.6 Å². The van der Waals surface area contributed by atoms with Gasteiger partial charge in [-0.15, -0.1) is 0 Å². The summed E-state index contributed by atoms with van der Waals surface area (Å²) in [5.41, 5.74) is 0.629. The Bertz CT molecular complexity index is 1180. The van der Waals surface area contributed by atoms with E-state index in [1.807, 2.05) is 0 Å². The fourth-order valence-electron chi connectivity index (χ4n) is 9.90. The van der Waals surface area contributed by atoms with Crippen LogP contribution >= 0.6 is 0 Å². The van der Waals surface area contributed by atoms with Crippen molar-refractivity contribution in [3.05, 3.63) is 35.8 Å². The molecular weight excluding hydrogens is 470 g/mol. The number of nitrogens with zero attached hydrogens (tertiary/aromatic N) is 2. The van der Waals surface area contributed by atoms with E-state index in [1.54, 1.807) is 6.20 Å². The summed E-state index contributed by atoms with van der Waals surface area (Å²) in [6.07, 6.45) is 11.4. The van der Waals surface area contributed by atoms with Crippen molar-refractivity contribution in [1.82, 2.24) is 9.97 Å². The third-order valence-corrected chi connectivity index (χ3v) is 12.0. The molecule has 0 amide bonds. The minimum Gasteiger partial charge on any atom is -0.393 e. The summed E-state index contributed by atoms with van der Waals surface area (Å²) in [6.45, 7) is 7.15. The first-order chi connectivity index (χ1) is 17.6.